The van der Waals surface area contributed by atoms with Gasteiger partial charge in [-0.05, 0) is 37.6 Å². The van der Waals surface area contributed by atoms with E-state index in [0.717, 1.165) is 11.4 Å². The van der Waals surface area contributed by atoms with E-state index < -0.39 is 0 Å². The molecule has 100 valence electrons. The Kier molecular flexibility index (Phi) is 4.47. The van der Waals surface area contributed by atoms with Crippen molar-refractivity contribution in [1.29, 1.82) is 0 Å². The van der Waals surface area contributed by atoms with E-state index in [1.807, 2.05) is 6.07 Å². The molecule has 19 heavy (non-hydrogen) atoms. The third-order valence-corrected chi connectivity index (χ3v) is 3.06. The molecule has 4 heteroatoms. The van der Waals surface area contributed by atoms with Crippen molar-refractivity contribution in [1.82, 2.24) is 9.97 Å². The second kappa shape index (κ2) is 6.29. The lowest BCUT2D eigenvalue weighted by Gasteiger charge is -2.28. The van der Waals surface area contributed by atoms with Gasteiger partial charge >= 0.3 is 0 Å². The fourth-order valence-electron chi connectivity index (χ4n) is 1.96. The van der Waals surface area contributed by atoms with Crippen LogP contribution >= 0.6 is 0 Å². The lowest BCUT2D eigenvalue weighted by Crippen LogP contribution is -2.30. The zero-order chi connectivity index (χ0) is 13.7. The summed E-state index contributed by atoms with van der Waals surface area (Å²) in [7, 11) is 0. The molecule has 0 radical (unpaired) electrons. The minimum Gasteiger partial charge on any atom is -0.362 e. The predicted molar refractivity (Wildman–Crippen MR) is 77.7 cm³/mol. The van der Waals surface area contributed by atoms with Gasteiger partial charge in [-0.25, -0.2) is 9.97 Å². The summed E-state index contributed by atoms with van der Waals surface area (Å²) in [6, 6.07) is 10.6. The van der Waals surface area contributed by atoms with Crippen molar-refractivity contribution in [3.8, 4) is 0 Å². The fourth-order valence-corrected chi connectivity index (χ4v) is 1.96. The van der Waals surface area contributed by atoms with Gasteiger partial charge in [-0.1, -0.05) is 12.1 Å². The van der Waals surface area contributed by atoms with Crippen LogP contribution in [0.2, 0.25) is 0 Å². The Morgan fingerprint density at radius 3 is 2.26 bits per heavy atom. The van der Waals surface area contributed by atoms with Crippen LogP contribution in [0.3, 0.4) is 0 Å². The maximum atomic E-state index is 5.63. The van der Waals surface area contributed by atoms with E-state index in [0.29, 0.717) is 19.1 Å². The molecular weight excluding hydrogens is 236 g/mol. The zero-order valence-electron chi connectivity index (χ0n) is 11.5. The molecule has 4 nitrogen and oxygen atoms in total. The van der Waals surface area contributed by atoms with E-state index in [1.54, 1.807) is 12.4 Å². The summed E-state index contributed by atoms with van der Waals surface area (Å²) < 4.78 is 0. The van der Waals surface area contributed by atoms with Gasteiger partial charge < -0.3 is 10.6 Å². The van der Waals surface area contributed by atoms with Gasteiger partial charge in [0.25, 0.3) is 0 Å². The highest BCUT2D eigenvalue weighted by Gasteiger charge is 2.12. The molecule has 0 aliphatic heterocycles. The molecule has 0 aliphatic carbocycles. The molecule has 0 unspecified atom stereocenters. The zero-order valence-corrected chi connectivity index (χ0v) is 11.5. The summed E-state index contributed by atoms with van der Waals surface area (Å²) in [5, 5.41) is 0. The second-order valence-electron chi connectivity index (χ2n) is 4.76. The Labute approximate surface area is 114 Å². The Hall–Kier alpha value is -1.94. The maximum absolute atomic E-state index is 5.63. The first-order valence-corrected chi connectivity index (χ1v) is 6.52. The molecule has 0 bridgehead atoms. The van der Waals surface area contributed by atoms with Gasteiger partial charge in [-0.2, -0.15) is 0 Å². The van der Waals surface area contributed by atoms with Crippen LogP contribution in [0.1, 0.15) is 25.2 Å². The highest BCUT2D eigenvalue weighted by atomic mass is 15.2. The molecule has 2 rings (SSSR count). The molecule has 0 fully saturated rings. The van der Waals surface area contributed by atoms with Crippen molar-refractivity contribution in [2.24, 2.45) is 5.73 Å². The Morgan fingerprint density at radius 2 is 1.74 bits per heavy atom. The number of benzene rings is 1. The summed E-state index contributed by atoms with van der Waals surface area (Å²) >= 11 is 0. The SMILES string of the molecule is CC(C)N(Cc1ncccn1)c1ccc(CN)cc1. The lowest BCUT2D eigenvalue weighted by atomic mass is 10.1. The van der Waals surface area contributed by atoms with E-state index in [1.165, 1.54) is 5.69 Å². The normalized spacial score (nSPS) is 10.7. The third kappa shape index (κ3) is 3.51. The van der Waals surface area contributed by atoms with Crippen LogP contribution in [-0.4, -0.2) is 16.0 Å². The van der Waals surface area contributed by atoms with Crippen molar-refractivity contribution in [3.05, 3.63) is 54.1 Å². The van der Waals surface area contributed by atoms with Gasteiger partial charge in [-0.15, -0.1) is 0 Å². The smallest absolute Gasteiger partial charge is 0.147 e. The Balaban J connectivity index is 2.19. The number of hydrogen-bond donors (Lipinski definition) is 1. The number of nitrogens with zero attached hydrogens (tertiary/aromatic N) is 3. The predicted octanol–water partition coefficient (Wildman–Crippen LogP) is 2.35. The van der Waals surface area contributed by atoms with Gasteiger partial charge in [0.05, 0.1) is 6.54 Å². The molecule has 0 saturated carbocycles. The average molecular weight is 256 g/mol. The molecule has 0 spiro atoms. The number of hydrogen-bond acceptors (Lipinski definition) is 4. The number of anilines is 1. The van der Waals surface area contributed by atoms with E-state index >= 15 is 0 Å². The molecule has 1 aromatic carbocycles. The average Bonchev–Trinajstić information content (AvgIpc) is 2.46. The Morgan fingerprint density at radius 1 is 1.11 bits per heavy atom. The minimum atomic E-state index is 0.382. The molecule has 0 amide bonds. The van der Waals surface area contributed by atoms with Crippen LogP contribution in [0.25, 0.3) is 0 Å². The summed E-state index contributed by atoms with van der Waals surface area (Å²) in [5.74, 6) is 0.833. The third-order valence-electron chi connectivity index (χ3n) is 3.06. The first-order valence-electron chi connectivity index (χ1n) is 6.52. The fraction of sp³-hybridized carbons (Fsp3) is 0.333. The van der Waals surface area contributed by atoms with E-state index in [9.17, 15) is 0 Å². The molecule has 1 aromatic heterocycles. The van der Waals surface area contributed by atoms with Crippen LogP contribution < -0.4 is 10.6 Å². The van der Waals surface area contributed by atoms with Crippen LogP contribution in [0.4, 0.5) is 5.69 Å². The van der Waals surface area contributed by atoms with Gasteiger partial charge in [0.15, 0.2) is 0 Å². The molecule has 0 saturated heterocycles. The first-order chi connectivity index (χ1) is 9.20. The molecular formula is C15H20N4. The monoisotopic (exact) mass is 256 g/mol. The lowest BCUT2D eigenvalue weighted by molar-refractivity contribution is 0.662. The van der Waals surface area contributed by atoms with Crippen molar-refractivity contribution in [3.63, 3.8) is 0 Å². The topological polar surface area (TPSA) is 55.0 Å². The van der Waals surface area contributed by atoms with E-state index in [4.69, 9.17) is 5.73 Å². The highest BCUT2D eigenvalue weighted by Crippen LogP contribution is 2.19. The van der Waals surface area contributed by atoms with Gasteiger partial charge in [-0.3, -0.25) is 0 Å². The first kappa shape index (κ1) is 13.5. The van der Waals surface area contributed by atoms with Crippen molar-refractivity contribution in [2.45, 2.75) is 33.0 Å². The van der Waals surface area contributed by atoms with Gasteiger partial charge in [0.1, 0.15) is 5.82 Å². The number of rotatable bonds is 5. The van der Waals surface area contributed by atoms with Gasteiger partial charge in [0, 0.05) is 30.7 Å². The van der Waals surface area contributed by atoms with Crippen LogP contribution in [0, 0.1) is 0 Å². The summed E-state index contributed by atoms with van der Waals surface area (Å²) in [5.41, 5.74) is 7.93. The summed E-state index contributed by atoms with van der Waals surface area (Å²) in [6.07, 6.45) is 3.55. The molecule has 1 heterocycles. The van der Waals surface area contributed by atoms with E-state index in [2.05, 4.69) is 53.0 Å². The minimum absolute atomic E-state index is 0.382. The van der Waals surface area contributed by atoms with Crippen LogP contribution in [-0.2, 0) is 13.1 Å². The highest BCUT2D eigenvalue weighted by molar-refractivity contribution is 5.48. The molecule has 0 aliphatic rings. The summed E-state index contributed by atoms with van der Waals surface area (Å²) in [4.78, 5) is 10.8. The second-order valence-corrected chi connectivity index (χ2v) is 4.76. The van der Waals surface area contributed by atoms with E-state index in [-0.39, 0.29) is 0 Å². The quantitative estimate of drug-likeness (QED) is 0.892. The molecule has 0 atom stereocenters. The maximum Gasteiger partial charge on any atom is 0.147 e. The van der Waals surface area contributed by atoms with Crippen molar-refractivity contribution < 1.29 is 0 Å². The van der Waals surface area contributed by atoms with Gasteiger partial charge in [0.2, 0.25) is 0 Å². The van der Waals surface area contributed by atoms with Crippen molar-refractivity contribution in [2.75, 3.05) is 4.90 Å². The molecule has 2 N–H and O–H groups in total. The number of nitrogens with two attached hydrogens (primary N) is 1. The largest absolute Gasteiger partial charge is 0.362 e. The van der Waals surface area contributed by atoms with Crippen molar-refractivity contribution >= 4 is 5.69 Å². The van der Waals surface area contributed by atoms with Crippen LogP contribution in [0.5, 0.6) is 0 Å². The number of aromatic nitrogens is 2. The standard InChI is InChI=1S/C15H20N4/c1-12(2)19(11-15-17-8-3-9-18-15)14-6-4-13(10-16)5-7-14/h3-9,12H,10-11,16H2,1-2H3. The Bertz CT molecular complexity index is 493. The summed E-state index contributed by atoms with van der Waals surface area (Å²) in [6.45, 7) is 5.61. The molecule has 2 aromatic rings. The van der Waals surface area contributed by atoms with Crippen LogP contribution in [0.15, 0.2) is 42.7 Å².